The zero-order valence-electron chi connectivity index (χ0n) is 13.3. The maximum atomic E-state index is 12.6. The minimum absolute atomic E-state index is 0.263. The molecule has 122 valence electrons. The first-order valence-corrected chi connectivity index (χ1v) is 7.53. The quantitative estimate of drug-likeness (QED) is 0.880. The van der Waals surface area contributed by atoms with Crippen LogP contribution in [0.15, 0.2) is 42.5 Å². The molecule has 0 aliphatic heterocycles. The van der Waals surface area contributed by atoms with Gasteiger partial charge in [-0.2, -0.15) is 0 Å². The number of urea groups is 1. The number of hydrogen-bond acceptors (Lipinski definition) is 3. The molecule has 0 aliphatic rings. The summed E-state index contributed by atoms with van der Waals surface area (Å²) in [5.41, 5.74) is 1.31. The topological polar surface area (TPSA) is 50.8 Å². The molecule has 2 rings (SSSR count). The van der Waals surface area contributed by atoms with Crippen LogP contribution < -0.4 is 19.7 Å². The van der Waals surface area contributed by atoms with E-state index in [0.29, 0.717) is 28.8 Å². The van der Waals surface area contributed by atoms with Gasteiger partial charge in [0.25, 0.3) is 0 Å². The second-order valence-electron chi connectivity index (χ2n) is 4.72. The van der Waals surface area contributed by atoms with Crippen LogP contribution in [0.25, 0.3) is 0 Å². The fourth-order valence-corrected chi connectivity index (χ4v) is 2.28. The average Bonchev–Trinajstić information content (AvgIpc) is 2.57. The van der Waals surface area contributed by atoms with E-state index in [1.807, 2.05) is 6.92 Å². The standard InChI is InChI=1S/C17H19ClN2O3/c1-4-20(13-7-5-12(18)6-8-13)17(21)19-15-11-14(22-2)9-10-16(15)23-3/h5-11H,4H2,1-3H3,(H,19,21). The van der Waals surface area contributed by atoms with E-state index in [0.717, 1.165) is 5.69 Å². The van der Waals surface area contributed by atoms with Gasteiger partial charge >= 0.3 is 6.03 Å². The predicted octanol–water partition coefficient (Wildman–Crippen LogP) is 4.42. The highest BCUT2D eigenvalue weighted by Crippen LogP contribution is 2.29. The molecule has 5 nitrogen and oxygen atoms in total. The second-order valence-corrected chi connectivity index (χ2v) is 5.15. The van der Waals surface area contributed by atoms with E-state index in [-0.39, 0.29) is 6.03 Å². The number of ether oxygens (including phenoxy) is 2. The molecule has 2 amide bonds. The molecule has 0 heterocycles. The Bertz CT molecular complexity index is 674. The van der Waals surface area contributed by atoms with E-state index in [1.54, 1.807) is 61.6 Å². The Hall–Kier alpha value is -2.40. The van der Waals surface area contributed by atoms with E-state index >= 15 is 0 Å². The minimum atomic E-state index is -0.263. The maximum Gasteiger partial charge on any atom is 0.326 e. The van der Waals surface area contributed by atoms with E-state index < -0.39 is 0 Å². The van der Waals surface area contributed by atoms with Crippen LogP contribution >= 0.6 is 11.6 Å². The van der Waals surface area contributed by atoms with Gasteiger partial charge in [0.1, 0.15) is 11.5 Å². The lowest BCUT2D eigenvalue weighted by atomic mass is 10.2. The molecular formula is C17H19ClN2O3. The molecule has 2 aromatic carbocycles. The molecule has 1 N–H and O–H groups in total. The maximum absolute atomic E-state index is 12.6. The lowest BCUT2D eigenvalue weighted by molar-refractivity contribution is 0.257. The molecule has 0 spiro atoms. The Morgan fingerprint density at radius 1 is 1.13 bits per heavy atom. The largest absolute Gasteiger partial charge is 0.497 e. The Labute approximate surface area is 140 Å². The van der Waals surface area contributed by atoms with Crippen LogP contribution in [-0.2, 0) is 0 Å². The molecule has 0 saturated carbocycles. The third kappa shape index (κ3) is 4.07. The lowest BCUT2D eigenvalue weighted by Gasteiger charge is -2.22. The molecule has 0 aromatic heterocycles. The van der Waals surface area contributed by atoms with Gasteiger partial charge < -0.3 is 14.8 Å². The van der Waals surface area contributed by atoms with Crippen molar-refractivity contribution in [3.05, 3.63) is 47.5 Å². The normalized spacial score (nSPS) is 10.1. The lowest BCUT2D eigenvalue weighted by Crippen LogP contribution is -2.34. The highest BCUT2D eigenvalue weighted by Gasteiger charge is 2.16. The molecule has 0 aliphatic carbocycles. The number of benzene rings is 2. The molecule has 0 unspecified atom stereocenters. The number of amides is 2. The Kier molecular flexibility index (Phi) is 5.71. The predicted molar refractivity (Wildman–Crippen MR) is 93.0 cm³/mol. The molecule has 2 aromatic rings. The van der Waals surface area contributed by atoms with Gasteiger partial charge in [0.15, 0.2) is 0 Å². The molecule has 0 atom stereocenters. The molecule has 0 bridgehead atoms. The van der Waals surface area contributed by atoms with Crippen molar-refractivity contribution in [2.45, 2.75) is 6.92 Å². The number of carbonyl (C=O) groups excluding carboxylic acids is 1. The highest BCUT2D eigenvalue weighted by atomic mass is 35.5. The third-order valence-corrected chi connectivity index (χ3v) is 3.60. The van der Waals surface area contributed by atoms with Gasteiger partial charge in [0, 0.05) is 23.3 Å². The van der Waals surface area contributed by atoms with E-state index in [9.17, 15) is 4.79 Å². The van der Waals surface area contributed by atoms with Gasteiger partial charge in [-0.15, -0.1) is 0 Å². The summed E-state index contributed by atoms with van der Waals surface area (Å²) in [5.74, 6) is 1.20. The number of carbonyl (C=O) groups is 1. The zero-order chi connectivity index (χ0) is 16.8. The van der Waals surface area contributed by atoms with Gasteiger partial charge in [0.05, 0.1) is 19.9 Å². The van der Waals surface area contributed by atoms with Gasteiger partial charge in [-0.1, -0.05) is 11.6 Å². The number of halogens is 1. The van der Waals surface area contributed by atoms with Crippen LogP contribution in [0.1, 0.15) is 6.92 Å². The van der Waals surface area contributed by atoms with E-state index in [4.69, 9.17) is 21.1 Å². The van der Waals surface area contributed by atoms with Crippen LogP contribution in [0.5, 0.6) is 11.5 Å². The first-order valence-electron chi connectivity index (χ1n) is 7.15. The van der Waals surface area contributed by atoms with Crippen LogP contribution in [0, 0.1) is 0 Å². The summed E-state index contributed by atoms with van der Waals surface area (Å²) in [7, 11) is 3.12. The van der Waals surface area contributed by atoms with Gasteiger partial charge in [-0.05, 0) is 43.3 Å². The van der Waals surface area contributed by atoms with Crippen molar-refractivity contribution >= 4 is 29.0 Å². The number of hydrogen-bond donors (Lipinski definition) is 1. The SMILES string of the molecule is CCN(C(=O)Nc1cc(OC)ccc1OC)c1ccc(Cl)cc1. The van der Waals surface area contributed by atoms with Gasteiger partial charge in [-0.25, -0.2) is 4.79 Å². The van der Waals surface area contributed by atoms with Crippen molar-refractivity contribution in [2.24, 2.45) is 0 Å². The van der Waals surface area contributed by atoms with Crippen LogP contribution in [-0.4, -0.2) is 26.8 Å². The summed E-state index contributed by atoms with van der Waals surface area (Å²) < 4.78 is 10.5. The van der Waals surface area contributed by atoms with Crippen LogP contribution in [0.3, 0.4) is 0 Å². The molecule has 0 saturated heterocycles. The number of methoxy groups -OCH3 is 2. The molecule has 0 fully saturated rings. The Morgan fingerprint density at radius 3 is 2.39 bits per heavy atom. The monoisotopic (exact) mass is 334 g/mol. The van der Waals surface area contributed by atoms with E-state index in [2.05, 4.69) is 5.32 Å². The van der Waals surface area contributed by atoms with Gasteiger partial charge in [-0.3, -0.25) is 4.90 Å². The summed E-state index contributed by atoms with van der Waals surface area (Å²) in [6.07, 6.45) is 0. The number of nitrogens with zero attached hydrogens (tertiary/aromatic N) is 1. The Balaban J connectivity index is 2.24. The van der Waals surface area contributed by atoms with Gasteiger partial charge in [0.2, 0.25) is 0 Å². The molecule has 6 heteroatoms. The van der Waals surface area contributed by atoms with Crippen LogP contribution in [0.4, 0.5) is 16.2 Å². The molecule has 23 heavy (non-hydrogen) atoms. The first kappa shape index (κ1) is 17.0. The van der Waals surface area contributed by atoms with Crippen molar-refractivity contribution in [1.82, 2.24) is 0 Å². The molecular weight excluding hydrogens is 316 g/mol. The molecule has 0 radical (unpaired) electrons. The fraction of sp³-hybridized carbons (Fsp3) is 0.235. The summed E-state index contributed by atoms with van der Waals surface area (Å²) >= 11 is 5.89. The summed E-state index contributed by atoms with van der Waals surface area (Å²) in [4.78, 5) is 14.2. The van der Waals surface area contributed by atoms with Crippen LogP contribution in [0.2, 0.25) is 5.02 Å². The number of nitrogens with one attached hydrogen (secondary N) is 1. The first-order chi connectivity index (χ1) is 11.1. The van der Waals surface area contributed by atoms with Crippen molar-refractivity contribution in [3.8, 4) is 11.5 Å². The number of anilines is 2. The summed E-state index contributed by atoms with van der Waals surface area (Å²) in [5, 5.41) is 3.47. The smallest absolute Gasteiger partial charge is 0.326 e. The second kappa shape index (κ2) is 7.74. The summed E-state index contributed by atoms with van der Waals surface area (Å²) in [6.45, 7) is 2.41. The van der Waals surface area contributed by atoms with Crippen molar-refractivity contribution in [2.75, 3.05) is 31.0 Å². The van der Waals surface area contributed by atoms with Crippen molar-refractivity contribution < 1.29 is 14.3 Å². The van der Waals surface area contributed by atoms with E-state index in [1.165, 1.54) is 0 Å². The van der Waals surface area contributed by atoms with Crippen molar-refractivity contribution in [3.63, 3.8) is 0 Å². The zero-order valence-corrected chi connectivity index (χ0v) is 14.1. The Morgan fingerprint density at radius 2 is 1.83 bits per heavy atom. The highest BCUT2D eigenvalue weighted by molar-refractivity contribution is 6.30. The minimum Gasteiger partial charge on any atom is -0.497 e. The third-order valence-electron chi connectivity index (χ3n) is 3.35. The average molecular weight is 335 g/mol. The summed E-state index contributed by atoms with van der Waals surface area (Å²) in [6, 6.07) is 12.1. The number of rotatable bonds is 5. The fourth-order valence-electron chi connectivity index (χ4n) is 2.16. The van der Waals surface area contributed by atoms with Crippen molar-refractivity contribution in [1.29, 1.82) is 0 Å².